The highest BCUT2D eigenvalue weighted by Crippen LogP contribution is 2.43. The molecule has 3 nitrogen and oxygen atoms in total. The Morgan fingerprint density at radius 1 is 1.28 bits per heavy atom. The Hall–Kier alpha value is -0.800. The van der Waals surface area contributed by atoms with Gasteiger partial charge < -0.3 is 10.3 Å². The molecule has 1 spiro atoms. The topological polar surface area (TPSA) is 34.2 Å². The first kappa shape index (κ1) is 12.2. The van der Waals surface area contributed by atoms with Crippen molar-refractivity contribution >= 4 is 0 Å². The van der Waals surface area contributed by atoms with E-state index in [1.54, 1.807) is 0 Å². The van der Waals surface area contributed by atoms with E-state index in [9.17, 15) is 0 Å². The second-order valence-electron chi connectivity index (χ2n) is 6.97. The molecule has 18 heavy (non-hydrogen) atoms. The summed E-state index contributed by atoms with van der Waals surface area (Å²) in [5.74, 6) is 0. The molecule has 1 atom stereocenters. The van der Waals surface area contributed by atoms with Gasteiger partial charge in [0.2, 0.25) is 0 Å². The van der Waals surface area contributed by atoms with Crippen LogP contribution in [0, 0.1) is 0 Å². The summed E-state index contributed by atoms with van der Waals surface area (Å²) in [5.41, 5.74) is 8.46. The van der Waals surface area contributed by atoms with Crippen molar-refractivity contribution in [1.82, 2.24) is 9.47 Å². The van der Waals surface area contributed by atoms with Crippen molar-refractivity contribution in [2.45, 2.75) is 57.2 Å². The highest BCUT2D eigenvalue weighted by molar-refractivity contribution is 5.28. The fourth-order valence-corrected chi connectivity index (χ4v) is 3.81. The van der Waals surface area contributed by atoms with Crippen molar-refractivity contribution in [3.05, 3.63) is 24.0 Å². The molecule has 0 aromatic carbocycles. The van der Waals surface area contributed by atoms with E-state index in [-0.39, 0.29) is 11.0 Å². The number of fused-ring (bicyclic) bond motifs is 2. The van der Waals surface area contributed by atoms with Gasteiger partial charge in [0.05, 0.1) is 0 Å². The van der Waals surface area contributed by atoms with Crippen molar-refractivity contribution < 1.29 is 0 Å². The van der Waals surface area contributed by atoms with Gasteiger partial charge in [-0.1, -0.05) is 0 Å². The lowest BCUT2D eigenvalue weighted by Crippen LogP contribution is -2.54. The molecule has 2 aliphatic rings. The Kier molecular flexibility index (Phi) is 2.62. The van der Waals surface area contributed by atoms with Crippen LogP contribution in [-0.2, 0) is 12.0 Å². The number of hydrogen-bond donors (Lipinski definition) is 1. The second kappa shape index (κ2) is 3.84. The zero-order valence-electron chi connectivity index (χ0n) is 11.8. The summed E-state index contributed by atoms with van der Waals surface area (Å²) in [6, 6.07) is 4.74. The Labute approximate surface area is 110 Å². The van der Waals surface area contributed by atoms with Crippen molar-refractivity contribution in [2.24, 2.45) is 5.73 Å². The van der Waals surface area contributed by atoms with Gasteiger partial charge in [0.25, 0.3) is 0 Å². The van der Waals surface area contributed by atoms with Crippen LogP contribution in [0.3, 0.4) is 0 Å². The number of hydrogen-bond acceptors (Lipinski definition) is 2. The largest absolute Gasteiger partial charge is 0.349 e. The molecule has 1 fully saturated rings. The average molecular weight is 247 g/mol. The van der Waals surface area contributed by atoms with Crippen LogP contribution >= 0.6 is 0 Å². The number of aromatic nitrogens is 1. The summed E-state index contributed by atoms with van der Waals surface area (Å²) in [6.45, 7) is 10.3. The molecule has 1 aromatic rings. The van der Waals surface area contributed by atoms with Gasteiger partial charge in [0, 0.05) is 35.4 Å². The van der Waals surface area contributed by atoms with E-state index in [4.69, 9.17) is 5.73 Å². The molecule has 2 aliphatic heterocycles. The summed E-state index contributed by atoms with van der Waals surface area (Å²) in [6.07, 6.45) is 4.59. The maximum absolute atomic E-state index is 6.45. The van der Waals surface area contributed by atoms with Gasteiger partial charge in [0.15, 0.2) is 0 Å². The fourth-order valence-electron chi connectivity index (χ4n) is 3.81. The van der Waals surface area contributed by atoms with Crippen LogP contribution in [0.15, 0.2) is 18.3 Å². The average Bonchev–Trinajstić information content (AvgIpc) is 2.83. The summed E-state index contributed by atoms with van der Waals surface area (Å²) >= 11 is 0. The first-order chi connectivity index (χ1) is 8.43. The van der Waals surface area contributed by atoms with Crippen LogP contribution in [0.4, 0.5) is 0 Å². The van der Waals surface area contributed by atoms with Gasteiger partial charge in [-0.05, 0) is 58.8 Å². The summed E-state index contributed by atoms with van der Waals surface area (Å²) in [4.78, 5) is 2.59. The number of nitrogens with zero attached hydrogens (tertiary/aromatic N) is 2. The maximum atomic E-state index is 6.45. The van der Waals surface area contributed by atoms with Crippen LogP contribution in [0.25, 0.3) is 0 Å². The molecule has 0 unspecified atom stereocenters. The van der Waals surface area contributed by atoms with Crippen molar-refractivity contribution in [1.29, 1.82) is 0 Å². The molecule has 100 valence electrons. The third kappa shape index (κ3) is 1.64. The molecular formula is C15H25N3. The first-order valence-electron chi connectivity index (χ1n) is 7.10. The number of likely N-dealkylation sites (tertiary alicyclic amines) is 1. The third-order valence-electron chi connectivity index (χ3n) is 5.05. The van der Waals surface area contributed by atoms with E-state index >= 15 is 0 Å². The minimum absolute atomic E-state index is 0.241. The first-order valence-corrected chi connectivity index (χ1v) is 7.10. The zero-order chi connectivity index (χ0) is 13.0. The summed E-state index contributed by atoms with van der Waals surface area (Å²) < 4.78 is 2.36. The van der Waals surface area contributed by atoms with E-state index in [2.05, 4.69) is 48.6 Å². The van der Waals surface area contributed by atoms with Crippen LogP contribution in [0.2, 0.25) is 0 Å². The smallest absolute Gasteiger partial charge is 0.0383 e. The minimum atomic E-state index is 0.241. The highest BCUT2D eigenvalue weighted by atomic mass is 15.2. The van der Waals surface area contributed by atoms with Gasteiger partial charge in [-0.2, -0.15) is 0 Å². The SMILES string of the molecule is CC(C)(C)N1CCC2(CC1)c1cccn1C[C@H]2N. The zero-order valence-corrected chi connectivity index (χ0v) is 11.8. The monoisotopic (exact) mass is 247 g/mol. The molecule has 0 amide bonds. The van der Waals surface area contributed by atoms with E-state index in [1.807, 2.05) is 0 Å². The molecule has 0 saturated carbocycles. The quantitative estimate of drug-likeness (QED) is 0.760. The second-order valence-corrected chi connectivity index (χ2v) is 6.97. The minimum Gasteiger partial charge on any atom is -0.349 e. The van der Waals surface area contributed by atoms with Crippen molar-refractivity contribution in [2.75, 3.05) is 13.1 Å². The van der Waals surface area contributed by atoms with E-state index in [0.717, 1.165) is 6.54 Å². The Balaban J connectivity index is 1.84. The predicted molar refractivity (Wildman–Crippen MR) is 74.6 cm³/mol. The number of nitrogens with two attached hydrogens (primary N) is 1. The standard InChI is InChI=1S/C15H25N3/c1-14(2,3)18-9-6-15(7-10-18)12(16)11-17-8-4-5-13(15)17/h4-5,8,12H,6-7,9-11,16H2,1-3H3/t12-/m1/s1. The molecule has 2 N–H and O–H groups in total. The molecular weight excluding hydrogens is 222 g/mol. The molecule has 1 aromatic heterocycles. The van der Waals surface area contributed by atoms with E-state index in [0.29, 0.717) is 6.04 Å². The van der Waals surface area contributed by atoms with Crippen LogP contribution in [0.1, 0.15) is 39.3 Å². The Morgan fingerprint density at radius 3 is 2.56 bits per heavy atom. The lowest BCUT2D eigenvalue weighted by Gasteiger charge is -2.46. The fraction of sp³-hybridized carbons (Fsp3) is 0.733. The van der Waals surface area contributed by atoms with Gasteiger partial charge in [0.1, 0.15) is 0 Å². The maximum Gasteiger partial charge on any atom is 0.0383 e. The molecule has 1 saturated heterocycles. The highest BCUT2D eigenvalue weighted by Gasteiger charge is 2.47. The van der Waals surface area contributed by atoms with Crippen LogP contribution in [0.5, 0.6) is 0 Å². The lowest BCUT2D eigenvalue weighted by atomic mass is 9.71. The lowest BCUT2D eigenvalue weighted by molar-refractivity contribution is 0.0689. The summed E-state index contributed by atoms with van der Waals surface area (Å²) in [5, 5.41) is 0. The van der Waals surface area contributed by atoms with Gasteiger partial charge in [-0.15, -0.1) is 0 Å². The molecule has 0 radical (unpaired) electrons. The molecule has 0 aliphatic carbocycles. The van der Waals surface area contributed by atoms with Gasteiger partial charge >= 0.3 is 0 Å². The van der Waals surface area contributed by atoms with Gasteiger partial charge in [-0.25, -0.2) is 0 Å². The molecule has 3 heteroatoms. The number of piperidine rings is 1. The van der Waals surface area contributed by atoms with E-state index in [1.165, 1.54) is 31.6 Å². The van der Waals surface area contributed by atoms with E-state index < -0.39 is 0 Å². The summed E-state index contributed by atoms with van der Waals surface area (Å²) in [7, 11) is 0. The molecule has 3 heterocycles. The van der Waals surface area contributed by atoms with Crippen LogP contribution in [-0.4, -0.2) is 34.1 Å². The normalized spacial score (nSPS) is 27.7. The number of rotatable bonds is 0. The predicted octanol–water partition coefficient (Wildman–Crippen LogP) is 1.96. The Bertz CT molecular complexity index is 433. The van der Waals surface area contributed by atoms with Crippen LogP contribution < -0.4 is 5.73 Å². The van der Waals surface area contributed by atoms with Gasteiger partial charge in [-0.3, -0.25) is 4.90 Å². The van der Waals surface area contributed by atoms with Crippen molar-refractivity contribution in [3.8, 4) is 0 Å². The Morgan fingerprint density at radius 2 is 1.94 bits per heavy atom. The molecule has 3 rings (SSSR count). The van der Waals surface area contributed by atoms with Crippen molar-refractivity contribution in [3.63, 3.8) is 0 Å². The molecule has 0 bridgehead atoms. The third-order valence-corrected chi connectivity index (χ3v) is 5.05.